The van der Waals surface area contributed by atoms with Gasteiger partial charge >= 0.3 is 0 Å². The average molecular weight is 254 g/mol. The maximum Gasteiger partial charge on any atom is 0.126 e. The van der Waals surface area contributed by atoms with Crippen molar-refractivity contribution in [3.63, 3.8) is 0 Å². The molecule has 1 aromatic rings. The Morgan fingerprint density at radius 1 is 1.50 bits per heavy atom. The zero-order chi connectivity index (χ0) is 10.6. The van der Waals surface area contributed by atoms with Gasteiger partial charge in [-0.3, -0.25) is 0 Å². The molecule has 14 heavy (non-hydrogen) atoms. The van der Waals surface area contributed by atoms with Gasteiger partial charge in [0.15, 0.2) is 0 Å². The lowest BCUT2D eigenvalue weighted by Gasteiger charge is -2.11. The highest BCUT2D eigenvalue weighted by atomic mass is 79.9. The lowest BCUT2D eigenvalue weighted by atomic mass is 10.1. The van der Waals surface area contributed by atoms with Crippen molar-refractivity contribution < 1.29 is 4.74 Å². The molecule has 0 radical (unpaired) electrons. The second kappa shape index (κ2) is 5.02. The van der Waals surface area contributed by atoms with Gasteiger partial charge in [0.25, 0.3) is 0 Å². The number of methoxy groups -OCH3 is 1. The molecule has 0 N–H and O–H groups in total. The third kappa shape index (κ3) is 2.27. The number of rotatable bonds is 3. The zero-order valence-corrected chi connectivity index (χ0v) is 9.89. The first-order chi connectivity index (χ1) is 6.70. The summed E-state index contributed by atoms with van der Waals surface area (Å²) in [5, 5.41) is 8.55. The standard InChI is InChI=1S/C11H12BrNO/c1-8-5-6-10(12)9(4-3-7-13)11(8)14-2/h5-6H,3-4H2,1-2H3. The fourth-order valence-corrected chi connectivity index (χ4v) is 1.93. The van der Waals surface area contributed by atoms with E-state index in [1.54, 1.807) is 7.11 Å². The van der Waals surface area contributed by atoms with E-state index in [0.717, 1.165) is 27.8 Å². The lowest BCUT2D eigenvalue weighted by molar-refractivity contribution is 0.406. The number of hydrogen-bond acceptors (Lipinski definition) is 2. The molecule has 0 atom stereocenters. The Balaban J connectivity index is 3.10. The van der Waals surface area contributed by atoms with E-state index >= 15 is 0 Å². The normalized spacial score (nSPS) is 9.57. The molecule has 1 aromatic carbocycles. The van der Waals surface area contributed by atoms with Crippen LogP contribution in [0.5, 0.6) is 5.75 Å². The maximum atomic E-state index is 8.55. The number of ether oxygens (including phenoxy) is 1. The Hall–Kier alpha value is -1.01. The number of hydrogen-bond donors (Lipinski definition) is 0. The van der Waals surface area contributed by atoms with E-state index in [4.69, 9.17) is 10.00 Å². The van der Waals surface area contributed by atoms with Crippen molar-refractivity contribution in [2.75, 3.05) is 7.11 Å². The lowest BCUT2D eigenvalue weighted by Crippen LogP contribution is -1.96. The van der Waals surface area contributed by atoms with Crippen molar-refractivity contribution >= 4 is 15.9 Å². The molecule has 0 aliphatic heterocycles. The molecule has 0 amide bonds. The molecular weight excluding hydrogens is 242 g/mol. The topological polar surface area (TPSA) is 33.0 Å². The van der Waals surface area contributed by atoms with Crippen LogP contribution in [0.3, 0.4) is 0 Å². The van der Waals surface area contributed by atoms with E-state index in [0.29, 0.717) is 6.42 Å². The SMILES string of the molecule is COc1c(C)ccc(Br)c1CCC#N. The summed E-state index contributed by atoms with van der Waals surface area (Å²) in [5.74, 6) is 0.884. The van der Waals surface area contributed by atoms with E-state index in [1.807, 2.05) is 19.1 Å². The van der Waals surface area contributed by atoms with Crippen LogP contribution in [-0.4, -0.2) is 7.11 Å². The molecule has 0 fully saturated rings. The molecule has 1 rings (SSSR count). The van der Waals surface area contributed by atoms with Gasteiger partial charge in [-0.1, -0.05) is 22.0 Å². The molecule has 0 unspecified atom stereocenters. The van der Waals surface area contributed by atoms with Gasteiger partial charge in [0.05, 0.1) is 13.2 Å². The summed E-state index contributed by atoms with van der Waals surface area (Å²) in [7, 11) is 1.66. The van der Waals surface area contributed by atoms with Crippen LogP contribution >= 0.6 is 15.9 Å². The van der Waals surface area contributed by atoms with Crippen LogP contribution in [0, 0.1) is 18.3 Å². The minimum Gasteiger partial charge on any atom is -0.496 e. The molecule has 74 valence electrons. The van der Waals surface area contributed by atoms with Gasteiger partial charge in [-0.15, -0.1) is 0 Å². The molecule has 0 aromatic heterocycles. The highest BCUT2D eigenvalue weighted by Crippen LogP contribution is 2.31. The summed E-state index contributed by atoms with van der Waals surface area (Å²) in [4.78, 5) is 0. The Morgan fingerprint density at radius 3 is 2.79 bits per heavy atom. The first-order valence-electron chi connectivity index (χ1n) is 4.39. The Labute approximate surface area is 92.6 Å². The number of benzene rings is 1. The van der Waals surface area contributed by atoms with E-state index in [-0.39, 0.29) is 0 Å². The zero-order valence-electron chi connectivity index (χ0n) is 8.30. The number of aryl methyl sites for hydroxylation is 1. The van der Waals surface area contributed by atoms with Gasteiger partial charge < -0.3 is 4.74 Å². The monoisotopic (exact) mass is 253 g/mol. The molecule has 0 aliphatic rings. The van der Waals surface area contributed by atoms with E-state index in [9.17, 15) is 0 Å². The van der Waals surface area contributed by atoms with Crippen molar-refractivity contribution in [3.8, 4) is 11.8 Å². The molecule has 0 saturated carbocycles. The Morgan fingerprint density at radius 2 is 2.21 bits per heavy atom. The molecule has 0 heterocycles. The number of nitriles is 1. The molecule has 0 saturated heterocycles. The van der Waals surface area contributed by atoms with Crippen molar-refractivity contribution in [2.45, 2.75) is 19.8 Å². The van der Waals surface area contributed by atoms with Gasteiger partial charge in [-0.25, -0.2) is 0 Å². The summed E-state index contributed by atoms with van der Waals surface area (Å²) in [6.07, 6.45) is 1.24. The summed E-state index contributed by atoms with van der Waals surface area (Å²) in [5.41, 5.74) is 2.18. The first kappa shape index (κ1) is 11.1. The van der Waals surface area contributed by atoms with Crippen LogP contribution in [0.2, 0.25) is 0 Å². The fraction of sp³-hybridized carbons (Fsp3) is 0.364. The second-order valence-corrected chi connectivity index (χ2v) is 3.89. The first-order valence-corrected chi connectivity index (χ1v) is 5.19. The summed E-state index contributed by atoms with van der Waals surface area (Å²) < 4.78 is 6.32. The third-order valence-electron chi connectivity index (χ3n) is 2.09. The third-order valence-corrected chi connectivity index (χ3v) is 2.83. The average Bonchev–Trinajstić information content (AvgIpc) is 2.19. The summed E-state index contributed by atoms with van der Waals surface area (Å²) in [6, 6.07) is 6.13. The van der Waals surface area contributed by atoms with Crippen LogP contribution in [0.4, 0.5) is 0 Å². The van der Waals surface area contributed by atoms with Crippen LogP contribution in [-0.2, 0) is 6.42 Å². The predicted octanol–water partition coefficient (Wildman–Crippen LogP) is 3.22. The van der Waals surface area contributed by atoms with Crippen LogP contribution < -0.4 is 4.74 Å². The number of nitrogens with zero attached hydrogens (tertiary/aromatic N) is 1. The van der Waals surface area contributed by atoms with Crippen LogP contribution in [0.25, 0.3) is 0 Å². The predicted molar refractivity (Wildman–Crippen MR) is 59.4 cm³/mol. The van der Waals surface area contributed by atoms with Gasteiger partial charge in [0.2, 0.25) is 0 Å². The van der Waals surface area contributed by atoms with Gasteiger partial charge in [-0.2, -0.15) is 5.26 Å². The molecule has 0 bridgehead atoms. The van der Waals surface area contributed by atoms with Gasteiger partial charge in [0.1, 0.15) is 5.75 Å². The number of halogens is 1. The van der Waals surface area contributed by atoms with Crippen molar-refractivity contribution in [3.05, 3.63) is 27.7 Å². The van der Waals surface area contributed by atoms with Crippen molar-refractivity contribution in [2.24, 2.45) is 0 Å². The van der Waals surface area contributed by atoms with E-state index < -0.39 is 0 Å². The summed E-state index contributed by atoms with van der Waals surface area (Å²) in [6.45, 7) is 2.00. The van der Waals surface area contributed by atoms with Crippen LogP contribution in [0.1, 0.15) is 17.5 Å². The smallest absolute Gasteiger partial charge is 0.126 e. The summed E-state index contributed by atoms with van der Waals surface area (Å²) >= 11 is 3.46. The molecular formula is C11H12BrNO. The fourth-order valence-electron chi connectivity index (χ4n) is 1.42. The van der Waals surface area contributed by atoms with Crippen molar-refractivity contribution in [1.29, 1.82) is 5.26 Å². The molecule has 0 aliphatic carbocycles. The minimum atomic E-state index is 0.512. The Kier molecular flexibility index (Phi) is 3.97. The second-order valence-electron chi connectivity index (χ2n) is 3.03. The molecule has 2 nitrogen and oxygen atoms in total. The highest BCUT2D eigenvalue weighted by molar-refractivity contribution is 9.10. The van der Waals surface area contributed by atoms with Gasteiger partial charge in [-0.05, 0) is 25.0 Å². The molecule has 0 spiro atoms. The van der Waals surface area contributed by atoms with Crippen molar-refractivity contribution in [1.82, 2.24) is 0 Å². The van der Waals surface area contributed by atoms with Gasteiger partial charge in [0, 0.05) is 16.5 Å². The maximum absolute atomic E-state index is 8.55. The van der Waals surface area contributed by atoms with Crippen LogP contribution in [0.15, 0.2) is 16.6 Å². The highest BCUT2D eigenvalue weighted by Gasteiger charge is 2.09. The Bertz CT molecular complexity index is 368. The quantitative estimate of drug-likeness (QED) is 0.829. The van der Waals surface area contributed by atoms with E-state index in [1.165, 1.54) is 0 Å². The largest absolute Gasteiger partial charge is 0.496 e. The van der Waals surface area contributed by atoms with E-state index in [2.05, 4.69) is 22.0 Å². The molecule has 3 heteroatoms. The minimum absolute atomic E-state index is 0.512.